The molecule has 2 rings (SSSR count). The van der Waals surface area contributed by atoms with Gasteiger partial charge in [-0.3, -0.25) is 9.40 Å². The quantitative estimate of drug-likeness (QED) is 0.891. The maximum absolute atomic E-state index is 12.0. The average Bonchev–Trinajstić information content (AvgIpc) is 2.85. The molecule has 0 atom stereocenters. The van der Waals surface area contributed by atoms with Crippen molar-refractivity contribution >= 4 is 44.6 Å². The number of thiophene rings is 1. The summed E-state index contributed by atoms with van der Waals surface area (Å²) in [5.74, 6) is -1.28. The normalized spacial score (nSPS) is 11.5. The highest BCUT2D eigenvalue weighted by atomic mass is 35.5. The van der Waals surface area contributed by atoms with E-state index in [0.717, 1.165) is 22.2 Å². The van der Waals surface area contributed by atoms with Crippen LogP contribution in [0.15, 0.2) is 22.5 Å². The second-order valence-electron chi connectivity index (χ2n) is 3.50. The largest absolute Gasteiger partial charge is 0.476 e. The van der Waals surface area contributed by atoms with Gasteiger partial charge in [0.05, 0.1) is 10.5 Å². The predicted molar refractivity (Wildman–Crippen MR) is 70.3 cm³/mol. The SMILES string of the molecule is Cn1ncc(NS(=O)(=O)c2ccc(Cl)s2)c1C(=O)O. The fourth-order valence-corrected chi connectivity index (χ4v) is 3.94. The van der Waals surface area contributed by atoms with Gasteiger partial charge in [-0.05, 0) is 12.1 Å². The molecule has 0 saturated carbocycles. The standard InChI is InChI=1S/C9H8ClN3O4S2/c1-13-8(9(14)15)5(4-11-13)12-19(16,17)7-3-2-6(10)18-7/h2-4,12H,1H3,(H,14,15). The molecule has 102 valence electrons. The molecule has 0 fully saturated rings. The number of aromatic carboxylic acids is 1. The minimum absolute atomic E-state index is 0.00214. The van der Waals surface area contributed by atoms with Crippen LogP contribution in [0.3, 0.4) is 0 Å². The molecule has 0 unspecified atom stereocenters. The van der Waals surface area contributed by atoms with E-state index in [0.29, 0.717) is 4.34 Å². The minimum Gasteiger partial charge on any atom is -0.476 e. The molecular weight excluding hydrogens is 314 g/mol. The van der Waals surface area contributed by atoms with Crippen molar-refractivity contribution in [3.63, 3.8) is 0 Å². The highest BCUT2D eigenvalue weighted by Crippen LogP contribution is 2.27. The lowest BCUT2D eigenvalue weighted by Crippen LogP contribution is -2.15. The first-order valence-electron chi connectivity index (χ1n) is 4.84. The van der Waals surface area contributed by atoms with Gasteiger partial charge in [-0.15, -0.1) is 11.3 Å². The van der Waals surface area contributed by atoms with Crippen molar-refractivity contribution in [1.29, 1.82) is 0 Å². The average molecular weight is 322 g/mol. The number of rotatable bonds is 4. The molecule has 2 aromatic heterocycles. The van der Waals surface area contributed by atoms with Crippen molar-refractivity contribution in [1.82, 2.24) is 9.78 Å². The number of carbonyl (C=O) groups is 1. The molecule has 7 nitrogen and oxygen atoms in total. The molecule has 0 saturated heterocycles. The van der Waals surface area contributed by atoms with Gasteiger partial charge in [-0.2, -0.15) is 5.10 Å². The lowest BCUT2D eigenvalue weighted by Gasteiger charge is -2.05. The predicted octanol–water partition coefficient (Wildman–Crippen LogP) is 1.63. The summed E-state index contributed by atoms with van der Waals surface area (Å²) < 4.78 is 27.6. The Hall–Kier alpha value is -1.58. The van der Waals surface area contributed by atoms with E-state index >= 15 is 0 Å². The number of aryl methyl sites for hydroxylation is 1. The van der Waals surface area contributed by atoms with Crippen molar-refractivity contribution in [2.24, 2.45) is 7.05 Å². The molecular formula is C9H8ClN3O4S2. The molecule has 2 N–H and O–H groups in total. The van der Waals surface area contributed by atoms with Crippen LogP contribution in [0.2, 0.25) is 4.34 Å². The summed E-state index contributed by atoms with van der Waals surface area (Å²) >= 11 is 6.55. The van der Waals surface area contributed by atoms with E-state index in [9.17, 15) is 13.2 Å². The Balaban J connectivity index is 2.39. The Morgan fingerprint density at radius 2 is 2.21 bits per heavy atom. The Bertz CT molecular complexity index is 734. The maximum Gasteiger partial charge on any atom is 0.356 e. The van der Waals surface area contributed by atoms with Crippen LogP contribution in [-0.2, 0) is 17.1 Å². The number of nitrogens with zero attached hydrogens (tertiary/aromatic N) is 2. The third-order valence-electron chi connectivity index (χ3n) is 2.20. The Morgan fingerprint density at radius 3 is 2.74 bits per heavy atom. The van der Waals surface area contributed by atoms with E-state index in [-0.39, 0.29) is 15.6 Å². The number of nitrogens with one attached hydrogen (secondary N) is 1. The second-order valence-corrected chi connectivity index (χ2v) is 7.12. The van der Waals surface area contributed by atoms with Gasteiger partial charge in [0.1, 0.15) is 9.90 Å². The molecule has 0 aliphatic heterocycles. The molecule has 0 aliphatic carbocycles. The van der Waals surface area contributed by atoms with Crippen molar-refractivity contribution in [2.45, 2.75) is 4.21 Å². The van der Waals surface area contributed by atoms with Crippen LogP contribution >= 0.6 is 22.9 Å². The van der Waals surface area contributed by atoms with Crippen LogP contribution in [-0.4, -0.2) is 29.3 Å². The summed E-state index contributed by atoms with van der Waals surface area (Å²) in [5, 5.41) is 12.7. The second kappa shape index (κ2) is 4.83. The lowest BCUT2D eigenvalue weighted by atomic mass is 10.4. The Morgan fingerprint density at radius 1 is 1.53 bits per heavy atom. The summed E-state index contributed by atoms with van der Waals surface area (Å²) in [6.07, 6.45) is 1.14. The van der Waals surface area contributed by atoms with E-state index in [2.05, 4.69) is 9.82 Å². The van der Waals surface area contributed by atoms with Crippen LogP contribution in [0.1, 0.15) is 10.5 Å². The zero-order valence-electron chi connectivity index (χ0n) is 9.49. The number of hydrogen-bond donors (Lipinski definition) is 2. The first-order chi connectivity index (χ1) is 8.81. The summed E-state index contributed by atoms with van der Waals surface area (Å²) in [7, 11) is -2.46. The zero-order valence-corrected chi connectivity index (χ0v) is 11.9. The van der Waals surface area contributed by atoms with Gasteiger partial charge in [0.25, 0.3) is 10.0 Å². The number of hydrogen-bond acceptors (Lipinski definition) is 5. The van der Waals surface area contributed by atoms with Gasteiger partial charge in [-0.1, -0.05) is 11.6 Å². The number of anilines is 1. The number of halogens is 1. The Labute approximate surface area is 117 Å². The van der Waals surface area contributed by atoms with Gasteiger partial charge >= 0.3 is 5.97 Å². The first kappa shape index (κ1) is 13.8. The van der Waals surface area contributed by atoms with Crippen molar-refractivity contribution < 1.29 is 18.3 Å². The van der Waals surface area contributed by atoms with Gasteiger partial charge in [0.15, 0.2) is 5.69 Å². The zero-order chi connectivity index (χ0) is 14.2. The van der Waals surface area contributed by atoms with Crippen LogP contribution in [0.25, 0.3) is 0 Å². The van der Waals surface area contributed by atoms with Crippen LogP contribution < -0.4 is 4.72 Å². The van der Waals surface area contributed by atoms with Crippen LogP contribution in [0, 0.1) is 0 Å². The summed E-state index contributed by atoms with van der Waals surface area (Å²) in [6.45, 7) is 0. The third kappa shape index (κ3) is 2.72. The third-order valence-corrected chi connectivity index (χ3v) is 5.29. The van der Waals surface area contributed by atoms with Crippen molar-refractivity contribution in [3.05, 3.63) is 28.4 Å². The van der Waals surface area contributed by atoms with Crippen LogP contribution in [0.4, 0.5) is 5.69 Å². The fraction of sp³-hybridized carbons (Fsp3) is 0.111. The van der Waals surface area contributed by atoms with Gasteiger partial charge < -0.3 is 5.11 Å². The fourth-order valence-electron chi connectivity index (χ4n) is 1.40. The van der Waals surface area contributed by atoms with E-state index in [1.54, 1.807) is 0 Å². The molecule has 10 heteroatoms. The van der Waals surface area contributed by atoms with E-state index < -0.39 is 16.0 Å². The maximum atomic E-state index is 12.0. The highest BCUT2D eigenvalue weighted by Gasteiger charge is 2.23. The topological polar surface area (TPSA) is 101 Å². The highest BCUT2D eigenvalue weighted by molar-refractivity contribution is 7.94. The molecule has 0 bridgehead atoms. The number of sulfonamides is 1. The molecule has 2 aromatic rings. The molecule has 19 heavy (non-hydrogen) atoms. The summed E-state index contributed by atoms with van der Waals surface area (Å²) in [6, 6.07) is 2.79. The molecule has 0 spiro atoms. The lowest BCUT2D eigenvalue weighted by molar-refractivity contribution is 0.0686. The van der Waals surface area contributed by atoms with E-state index in [4.69, 9.17) is 16.7 Å². The van der Waals surface area contributed by atoms with Gasteiger partial charge in [-0.25, -0.2) is 13.2 Å². The smallest absolute Gasteiger partial charge is 0.356 e. The molecule has 0 radical (unpaired) electrons. The molecule has 0 amide bonds. The van der Waals surface area contributed by atoms with Crippen molar-refractivity contribution in [2.75, 3.05) is 4.72 Å². The van der Waals surface area contributed by atoms with Gasteiger partial charge in [0, 0.05) is 7.05 Å². The Kier molecular flexibility index (Phi) is 3.52. The number of aromatic nitrogens is 2. The molecule has 0 aromatic carbocycles. The number of carboxylic acid groups (broad SMARTS) is 1. The van der Waals surface area contributed by atoms with E-state index in [1.807, 2.05) is 0 Å². The molecule has 2 heterocycles. The van der Waals surface area contributed by atoms with Crippen molar-refractivity contribution in [3.8, 4) is 0 Å². The van der Waals surface area contributed by atoms with Crippen LogP contribution in [0.5, 0.6) is 0 Å². The summed E-state index contributed by atoms with van der Waals surface area (Å²) in [4.78, 5) is 11.0. The van der Waals surface area contributed by atoms with E-state index in [1.165, 1.54) is 19.2 Å². The van der Waals surface area contributed by atoms with Gasteiger partial charge in [0.2, 0.25) is 0 Å². The minimum atomic E-state index is -3.87. The monoisotopic (exact) mass is 321 g/mol. The summed E-state index contributed by atoms with van der Waals surface area (Å²) in [5.41, 5.74) is -0.342. The first-order valence-corrected chi connectivity index (χ1v) is 7.52. The molecule has 0 aliphatic rings. The number of carboxylic acids is 1.